The van der Waals surface area contributed by atoms with Gasteiger partial charge in [0.2, 0.25) is 0 Å². The summed E-state index contributed by atoms with van der Waals surface area (Å²) in [6.07, 6.45) is 2.52. The predicted molar refractivity (Wildman–Crippen MR) is 88.1 cm³/mol. The molecule has 0 spiro atoms. The summed E-state index contributed by atoms with van der Waals surface area (Å²) in [6.45, 7) is 1.76. The smallest absolute Gasteiger partial charge is 0.319 e. The molecule has 1 atom stereocenters. The summed E-state index contributed by atoms with van der Waals surface area (Å²) >= 11 is 0. The van der Waals surface area contributed by atoms with Gasteiger partial charge < -0.3 is 25.3 Å². The third-order valence-electron chi connectivity index (χ3n) is 3.45. The van der Waals surface area contributed by atoms with Crippen LogP contribution in [0.25, 0.3) is 11.3 Å². The van der Waals surface area contributed by atoms with E-state index in [2.05, 4.69) is 10.6 Å². The Hall–Kier alpha value is -2.31. The Balaban J connectivity index is 1.83. The molecule has 1 aromatic heterocycles. The summed E-state index contributed by atoms with van der Waals surface area (Å²) in [7, 11) is 0. The molecule has 0 bridgehead atoms. The highest BCUT2D eigenvalue weighted by Crippen LogP contribution is 2.21. The summed E-state index contributed by atoms with van der Waals surface area (Å²) in [4.78, 5) is 11.8. The van der Waals surface area contributed by atoms with Crippen LogP contribution in [-0.4, -0.2) is 35.0 Å². The van der Waals surface area contributed by atoms with Gasteiger partial charge in [-0.15, -0.1) is 0 Å². The number of hydrogen-bond donors (Lipinski definition) is 4. The minimum absolute atomic E-state index is 0.0182. The van der Waals surface area contributed by atoms with Crippen molar-refractivity contribution in [2.24, 2.45) is 0 Å². The van der Waals surface area contributed by atoms with Crippen LogP contribution in [0.4, 0.5) is 10.5 Å². The Kier molecular flexibility index (Phi) is 5.78. The molecule has 2 amide bonds. The molecule has 0 aliphatic rings. The summed E-state index contributed by atoms with van der Waals surface area (Å²) in [5.41, 5.74) is 0.532. The molecule has 4 N–H and O–H groups in total. The zero-order valence-corrected chi connectivity index (χ0v) is 13.1. The molecule has 6 nitrogen and oxygen atoms in total. The zero-order chi connectivity index (χ0) is 16.7. The average Bonchev–Trinajstić information content (AvgIpc) is 3.06. The van der Waals surface area contributed by atoms with Gasteiger partial charge in [0.15, 0.2) is 0 Å². The lowest BCUT2D eigenvalue weighted by Gasteiger charge is -2.23. The molecule has 0 aliphatic heterocycles. The Morgan fingerprint density at radius 3 is 2.61 bits per heavy atom. The quantitative estimate of drug-likeness (QED) is 0.631. The van der Waals surface area contributed by atoms with Gasteiger partial charge in [0, 0.05) is 24.4 Å². The molecule has 1 heterocycles. The lowest BCUT2D eigenvalue weighted by molar-refractivity contribution is 0.0464. The highest BCUT2D eigenvalue weighted by molar-refractivity contribution is 5.89. The van der Waals surface area contributed by atoms with E-state index in [0.29, 0.717) is 18.5 Å². The molecule has 23 heavy (non-hydrogen) atoms. The summed E-state index contributed by atoms with van der Waals surface area (Å²) in [5, 5.41) is 24.1. The number of nitrogens with one attached hydrogen (secondary N) is 2. The Morgan fingerprint density at radius 2 is 2.00 bits per heavy atom. The van der Waals surface area contributed by atoms with Gasteiger partial charge in [0.25, 0.3) is 0 Å². The normalized spacial score (nSPS) is 13.3. The largest absolute Gasteiger partial charge is 0.464 e. The van der Waals surface area contributed by atoms with E-state index >= 15 is 0 Å². The molecule has 0 radical (unpaired) electrons. The first-order valence-electron chi connectivity index (χ1n) is 7.52. The Bertz CT molecular complexity index is 606. The molecule has 1 aromatic carbocycles. The molecule has 2 rings (SSSR count). The zero-order valence-electron chi connectivity index (χ0n) is 13.1. The molecular weight excluding hydrogens is 296 g/mol. The van der Waals surface area contributed by atoms with Gasteiger partial charge in [0.1, 0.15) is 5.76 Å². The van der Waals surface area contributed by atoms with E-state index in [4.69, 9.17) is 9.52 Å². The maximum atomic E-state index is 11.8. The number of benzene rings is 1. The van der Waals surface area contributed by atoms with Gasteiger partial charge >= 0.3 is 6.03 Å². The second kappa shape index (κ2) is 7.80. The number of aliphatic hydroxyl groups excluding tert-OH is 1. The van der Waals surface area contributed by atoms with Gasteiger partial charge in [-0.2, -0.15) is 0 Å². The number of carbonyl (C=O) groups excluding carboxylic acids is 1. The number of amides is 2. The minimum atomic E-state index is -1.04. The van der Waals surface area contributed by atoms with Gasteiger partial charge in [-0.25, -0.2) is 4.79 Å². The maximum Gasteiger partial charge on any atom is 0.319 e. The fraction of sp³-hybridized carbons (Fsp3) is 0.353. The second-order valence-electron chi connectivity index (χ2n) is 5.69. The number of carbonyl (C=O) groups is 1. The molecule has 0 saturated carbocycles. The van der Waals surface area contributed by atoms with Crippen molar-refractivity contribution in [2.45, 2.75) is 25.4 Å². The Labute approximate surface area is 135 Å². The highest BCUT2D eigenvalue weighted by atomic mass is 16.3. The van der Waals surface area contributed by atoms with Crippen LogP contribution in [0.3, 0.4) is 0 Å². The topological polar surface area (TPSA) is 94.7 Å². The first-order chi connectivity index (χ1) is 11.0. The lowest BCUT2D eigenvalue weighted by Crippen LogP contribution is -2.42. The molecule has 2 aromatic rings. The summed E-state index contributed by atoms with van der Waals surface area (Å²) < 4.78 is 5.30. The number of aliphatic hydroxyl groups is 2. The lowest BCUT2D eigenvalue weighted by atomic mass is 10.0. The molecule has 0 fully saturated rings. The fourth-order valence-corrected chi connectivity index (χ4v) is 2.15. The van der Waals surface area contributed by atoms with Crippen LogP contribution in [0.2, 0.25) is 0 Å². The van der Waals surface area contributed by atoms with Crippen molar-refractivity contribution < 1.29 is 19.4 Å². The van der Waals surface area contributed by atoms with E-state index in [-0.39, 0.29) is 19.2 Å². The second-order valence-corrected chi connectivity index (χ2v) is 5.69. The van der Waals surface area contributed by atoms with E-state index in [9.17, 15) is 9.90 Å². The van der Waals surface area contributed by atoms with Crippen molar-refractivity contribution in [3.05, 3.63) is 42.7 Å². The van der Waals surface area contributed by atoms with Crippen LogP contribution in [0.15, 0.2) is 47.1 Å². The Morgan fingerprint density at radius 1 is 1.26 bits per heavy atom. The first kappa shape index (κ1) is 17.1. The first-order valence-corrected chi connectivity index (χ1v) is 7.52. The van der Waals surface area contributed by atoms with Crippen LogP contribution in [0.1, 0.15) is 19.8 Å². The third kappa shape index (κ3) is 5.43. The van der Waals surface area contributed by atoms with Crippen molar-refractivity contribution >= 4 is 11.7 Å². The highest BCUT2D eigenvalue weighted by Gasteiger charge is 2.20. The van der Waals surface area contributed by atoms with E-state index < -0.39 is 5.60 Å². The van der Waals surface area contributed by atoms with Gasteiger partial charge in [-0.1, -0.05) is 0 Å². The van der Waals surface area contributed by atoms with Gasteiger partial charge in [0.05, 0.1) is 11.9 Å². The summed E-state index contributed by atoms with van der Waals surface area (Å²) in [6, 6.07) is 10.6. The van der Waals surface area contributed by atoms with Crippen molar-refractivity contribution in [2.75, 3.05) is 18.5 Å². The molecule has 0 aliphatic carbocycles. The molecule has 0 unspecified atom stereocenters. The van der Waals surface area contributed by atoms with Crippen molar-refractivity contribution in [3.63, 3.8) is 0 Å². The van der Waals surface area contributed by atoms with E-state index in [1.165, 1.54) is 0 Å². The van der Waals surface area contributed by atoms with Gasteiger partial charge in [-0.05, 0) is 56.2 Å². The molecule has 124 valence electrons. The monoisotopic (exact) mass is 318 g/mol. The van der Waals surface area contributed by atoms with Crippen LogP contribution in [0, 0.1) is 0 Å². The predicted octanol–water partition coefficient (Wildman–Crippen LogP) is 2.59. The van der Waals surface area contributed by atoms with Crippen molar-refractivity contribution in [3.8, 4) is 11.3 Å². The van der Waals surface area contributed by atoms with Crippen LogP contribution < -0.4 is 10.6 Å². The third-order valence-corrected chi connectivity index (χ3v) is 3.45. The SMILES string of the molecule is C[C@](O)(CCCO)CNC(=O)Nc1ccc(-c2ccco2)cc1. The van der Waals surface area contributed by atoms with Gasteiger partial charge in [-0.3, -0.25) is 0 Å². The van der Waals surface area contributed by atoms with Crippen molar-refractivity contribution in [1.29, 1.82) is 0 Å². The van der Waals surface area contributed by atoms with E-state index in [1.54, 1.807) is 25.3 Å². The summed E-state index contributed by atoms with van der Waals surface area (Å²) in [5.74, 6) is 0.765. The number of anilines is 1. The number of urea groups is 1. The van der Waals surface area contributed by atoms with E-state index in [1.807, 2.05) is 24.3 Å². The number of furan rings is 1. The molecular formula is C17H22N2O4. The number of hydrogen-bond acceptors (Lipinski definition) is 4. The van der Waals surface area contributed by atoms with Crippen LogP contribution >= 0.6 is 0 Å². The molecule has 0 saturated heterocycles. The van der Waals surface area contributed by atoms with Crippen LogP contribution in [-0.2, 0) is 0 Å². The number of rotatable bonds is 7. The van der Waals surface area contributed by atoms with Crippen LogP contribution in [0.5, 0.6) is 0 Å². The fourth-order valence-electron chi connectivity index (χ4n) is 2.15. The minimum Gasteiger partial charge on any atom is -0.464 e. The average molecular weight is 318 g/mol. The maximum absolute atomic E-state index is 11.8. The standard InChI is InChI=1S/C17H22N2O4/c1-17(22,9-3-10-20)12-18-16(21)19-14-7-5-13(6-8-14)15-4-2-11-23-15/h2,4-8,11,20,22H,3,9-10,12H2,1H3,(H2,18,19,21)/t17-/m0/s1. The molecule has 6 heteroatoms. The van der Waals surface area contributed by atoms with Crippen molar-refractivity contribution in [1.82, 2.24) is 5.32 Å². The van der Waals surface area contributed by atoms with E-state index in [0.717, 1.165) is 11.3 Å².